The number of nitrogens with zero attached hydrogens (tertiary/aromatic N) is 2. The average Bonchev–Trinajstić information content (AvgIpc) is 2.57. The van der Waals surface area contributed by atoms with Gasteiger partial charge in [-0.25, -0.2) is 4.68 Å². The number of aromatic nitrogens is 2. The first-order valence-electron chi connectivity index (χ1n) is 6.64. The van der Waals surface area contributed by atoms with Crippen LogP contribution in [0.2, 0.25) is 0 Å². The maximum atomic E-state index is 12.2. The molecule has 1 N–H and O–H groups in total. The summed E-state index contributed by atoms with van der Waals surface area (Å²) < 4.78 is 10.4. The van der Waals surface area contributed by atoms with Crippen LogP contribution in [-0.4, -0.2) is 35.9 Å². The number of carbonyl (C=O) groups excluding carboxylic acids is 2. The minimum absolute atomic E-state index is 0.00400. The summed E-state index contributed by atoms with van der Waals surface area (Å²) in [5.74, 6) is -0.478. The van der Waals surface area contributed by atoms with E-state index in [9.17, 15) is 14.4 Å². The van der Waals surface area contributed by atoms with Crippen molar-refractivity contribution in [3.05, 3.63) is 52.4 Å². The van der Waals surface area contributed by atoms with Crippen LogP contribution in [0.15, 0.2) is 41.2 Å². The molecule has 0 fully saturated rings. The maximum Gasteiger partial charge on any atom is 0.327 e. The van der Waals surface area contributed by atoms with Crippen molar-refractivity contribution in [2.75, 3.05) is 19.5 Å². The molecule has 0 aliphatic heterocycles. The molecule has 2 rings (SSSR count). The molecule has 0 saturated heterocycles. The highest BCUT2D eigenvalue weighted by molar-refractivity contribution is 6.02. The fourth-order valence-corrected chi connectivity index (χ4v) is 1.74. The lowest BCUT2D eigenvalue weighted by molar-refractivity contribution is -0.141. The second-order valence-electron chi connectivity index (χ2n) is 4.47. The number of hydrogen-bond donors (Lipinski definition) is 1. The lowest BCUT2D eigenvalue weighted by Crippen LogP contribution is -2.29. The SMILES string of the molecule is COC(=O)Cn1nc(C(=O)Nc2ccc(OC)cc2)ccc1=O. The molecule has 8 nitrogen and oxygen atoms in total. The molecule has 0 aliphatic carbocycles. The van der Waals surface area contributed by atoms with E-state index in [2.05, 4.69) is 15.2 Å². The molecule has 0 atom stereocenters. The Morgan fingerprint density at radius 2 is 1.83 bits per heavy atom. The molecule has 0 radical (unpaired) electrons. The zero-order valence-electron chi connectivity index (χ0n) is 12.6. The van der Waals surface area contributed by atoms with Crippen LogP contribution < -0.4 is 15.6 Å². The van der Waals surface area contributed by atoms with E-state index in [1.165, 1.54) is 19.2 Å². The van der Waals surface area contributed by atoms with Crippen LogP contribution in [-0.2, 0) is 16.1 Å². The smallest absolute Gasteiger partial charge is 0.327 e. The number of methoxy groups -OCH3 is 2. The van der Waals surface area contributed by atoms with Crippen LogP contribution >= 0.6 is 0 Å². The summed E-state index contributed by atoms with van der Waals surface area (Å²) in [5, 5.41) is 6.49. The molecule has 0 bridgehead atoms. The molecule has 23 heavy (non-hydrogen) atoms. The van der Waals surface area contributed by atoms with Gasteiger partial charge in [-0.1, -0.05) is 0 Å². The van der Waals surface area contributed by atoms with Gasteiger partial charge in [-0.2, -0.15) is 5.10 Å². The quantitative estimate of drug-likeness (QED) is 0.814. The van der Waals surface area contributed by atoms with Crippen LogP contribution in [0.25, 0.3) is 0 Å². The van der Waals surface area contributed by atoms with Gasteiger partial charge in [0.2, 0.25) is 0 Å². The second-order valence-corrected chi connectivity index (χ2v) is 4.47. The zero-order valence-corrected chi connectivity index (χ0v) is 12.6. The predicted molar refractivity (Wildman–Crippen MR) is 81.5 cm³/mol. The number of carbonyl (C=O) groups is 2. The van der Waals surface area contributed by atoms with Gasteiger partial charge >= 0.3 is 5.97 Å². The third-order valence-corrected chi connectivity index (χ3v) is 2.95. The topological polar surface area (TPSA) is 99.5 Å². The van der Waals surface area contributed by atoms with E-state index in [0.717, 1.165) is 4.68 Å². The summed E-state index contributed by atoms with van der Waals surface area (Å²) in [6, 6.07) is 9.18. The first kappa shape index (κ1) is 16.2. The highest BCUT2D eigenvalue weighted by Crippen LogP contribution is 2.15. The minimum atomic E-state index is -0.632. The summed E-state index contributed by atoms with van der Waals surface area (Å²) in [4.78, 5) is 35.0. The van der Waals surface area contributed by atoms with Crippen molar-refractivity contribution >= 4 is 17.6 Å². The van der Waals surface area contributed by atoms with Gasteiger partial charge in [-0.15, -0.1) is 0 Å². The predicted octanol–water partition coefficient (Wildman–Crippen LogP) is 0.677. The van der Waals surface area contributed by atoms with Crippen molar-refractivity contribution in [3.63, 3.8) is 0 Å². The molecule has 0 unspecified atom stereocenters. The number of rotatable bonds is 5. The molecule has 1 aromatic carbocycles. The van der Waals surface area contributed by atoms with Gasteiger partial charge in [0.1, 0.15) is 18.0 Å². The van der Waals surface area contributed by atoms with Crippen molar-refractivity contribution < 1.29 is 19.1 Å². The molecule has 120 valence electrons. The largest absolute Gasteiger partial charge is 0.497 e. The summed E-state index contributed by atoms with van der Waals surface area (Å²) in [7, 11) is 2.75. The number of benzene rings is 1. The van der Waals surface area contributed by atoms with Crippen LogP contribution in [0, 0.1) is 0 Å². The number of esters is 1. The van der Waals surface area contributed by atoms with Gasteiger partial charge < -0.3 is 14.8 Å². The van der Waals surface area contributed by atoms with Crippen LogP contribution in [0.5, 0.6) is 5.75 Å². The van der Waals surface area contributed by atoms with Crippen molar-refractivity contribution in [1.82, 2.24) is 9.78 Å². The van der Waals surface area contributed by atoms with E-state index in [4.69, 9.17) is 4.74 Å². The summed E-state index contributed by atoms with van der Waals surface area (Å²) >= 11 is 0. The Morgan fingerprint density at radius 1 is 1.13 bits per heavy atom. The highest BCUT2D eigenvalue weighted by atomic mass is 16.5. The first-order chi connectivity index (χ1) is 11.0. The Kier molecular flexibility index (Phi) is 5.08. The molecule has 2 aromatic rings. The van der Waals surface area contributed by atoms with E-state index in [0.29, 0.717) is 11.4 Å². The molecular weight excluding hydrogens is 302 g/mol. The van der Waals surface area contributed by atoms with E-state index in [1.54, 1.807) is 31.4 Å². The van der Waals surface area contributed by atoms with E-state index in [-0.39, 0.29) is 12.2 Å². The molecule has 1 amide bonds. The normalized spacial score (nSPS) is 10.0. The Balaban J connectivity index is 2.16. The fourth-order valence-electron chi connectivity index (χ4n) is 1.74. The average molecular weight is 317 g/mol. The number of hydrogen-bond acceptors (Lipinski definition) is 6. The van der Waals surface area contributed by atoms with Crippen LogP contribution in [0.1, 0.15) is 10.5 Å². The van der Waals surface area contributed by atoms with Crippen molar-refractivity contribution in [1.29, 1.82) is 0 Å². The second kappa shape index (κ2) is 7.21. The highest BCUT2D eigenvalue weighted by Gasteiger charge is 2.12. The molecule has 0 aliphatic rings. The fraction of sp³-hybridized carbons (Fsp3) is 0.200. The minimum Gasteiger partial charge on any atom is -0.497 e. The summed E-state index contributed by atoms with van der Waals surface area (Å²) in [5.41, 5.74) is 0.0454. The van der Waals surface area contributed by atoms with E-state index >= 15 is 0 Å². The van der Waals surface area contributed by atoms with Crippen molar-refractivity contribution in [3.8, 4) is 5.75 Å². The standard InChI is InChI=1S/C15H15N3O5/c1-22-11-5-3-10(4-6-11)16-15(21)12-7-8-13(19)18(17-12)9-14(20)23-2/h3-8H,9H2,1-2H3,(H,16,21). The Morgan fingerprint density at radius 3 is 2.43 bits per heavy atom. The third-order valence-electron chi connectivity index (χ3n) is 2.95. The lowest BCUT2D eigenvalue weighted by Gasteiger charge is -2.07. The Labute approximate surface area is 131 Å². The van der Waals surface area contributed by atoms with Gasteiger partial charge in [0.25, 0.3) is 11.5 Å². The molecule has 1 heterocycles. The van der Waals surface area contributed by atoms with Crippen LogP contribution in [0.3, 0.4) is 0 Å². The molecule has 8 heteroatoms. The van der Waals surface area contributed by atoms with Gasteiger partial charge in [-0.05, 0) is 30.3 Å². The van der Waals surface area contributed by atoms with Gasteiger partial charge in [0, 0.05) is 11.8 Å². The maximum absolute atomic E-state index is 12.2. The number of amides is 1. The van der Waals surface area contributed by atoms with Gasteiger partial charge in [0.05, 0.1) is 14.2 Å². The third kappa shape index (κ3) is 4.16. The monoisotopic (exact) mass is 317 g/mol. The number of nitrogens with one attached hydrogen (secondary N) is 1. The zero-order chi connectivity index (χ0) is 16.8. The van der Waals surface area contributed by atoms with Gasteiger partial charge in [0.15, 0.2) is 0 Å². The summed E-state index contributed by atoms with van der Waals surface area (Å²) in [6.07, 6.45) is 0. The Hall–Kier alpha value is -3.16. The summed E-state index contributed by atoms with van der Waals surface area (Å²) in [6.45, 7) is -0.362. The number of anilines is 1. The van der Waals surface area contributed by atoms with Gasteiger partial charge in [-0.3, -0.25) is 14.4 Å². The van der Waals surface area contributed by atoms with E-state index < -0.39 is 17.4 Å². The molecule has 0 spiro atoms. The van der Waals surface area contributed by atoms with Crippen LogP contribution in [0.4, 0.5) is 5.69 Å². The Bertz CT molecular complexity index is 767. The van der Waals surface area contributed by atoms with Crippen molar-refractivity contribution in [2.45, 2.75) is 6.54 Å². The number of ether oxygens (including phenoxy) is 2. The lowest BCUT2D eigenvalue weighted by atomic mass is 10.3. The van der Waals surface area contributed by atoms with E-state index in [1.807, 2.05) is 0 Å². The molecular formula is C15H15N3O5. The molecule has 1 aromatic heterocycles. The first-order valence-corrected chi connectivity index (χ1v) is 6.64. The van der Waals surface area contributed by atoms with Crippen molar-refractivity contribution in [2.24, 2.45) is 0 Å². The molecule has 0 saturated carbocycles.